The first-order valence-electron chi connectivity index (χ1n) is 19.1. The van der Waals surface area contributed by atoms with Crippen LogP contribution in [0.3, 0.4) is 0 Å². The molecule has 1 aromatic heterocycles. The van der Waals surface area contributed by atoms with E-state index in [1.807, 2.05) is 55.7 Å². The third kappa shape index (κ3) is 14.5. The summed E-state index contributed by atoms with van der Waals surface area (Å²) in [6.45, 7) is 5.41. The number of nitrogens with zero attached hydrogens (tertiary/aromatic N) is 2. The first-order chi connectivity index (χ1) is 26.9. The van der Waals surface area contributed by atoms with Crippen LogP contribution < -0.4 is 27.8 Å². The summed E-state index contributed by atoms with van der Waals surface area (Å²) >= 11 is 0. The van der Waals surface area contributed by atoms with Crippen molar-refractivity contribution in [3.63, 3.8) is 0 Å². The van der Waals surface area contributed by atoms with Gasteiger partial charge in [0.25, 0.3) is 0 Å². The van der Waals surface area contributed by atoms with Crippen molar-refractivity contribution < 1.29 is 43.0 Å². The Morgan fingerprint density at radius 1 is 0.842 bits per heavy atom. The number of aliphatic hydroxyl groups excluding tert-OH is 1. The molecule has 0 saturated heterocycles. The lowest BCUT2D eigenvalue weighted by Crippen LogP contribution is -2.48. The van der Waals surface area contributed by atoms with Crippen LogP contribution in [0.2, 0.25) is 0 Å². The van der Waals surface area contributed by atoms with Gasteiger partial charge in [0, 0.05) is 62.0 Å². The Bertz CT molecular complexity index is 1820. The van der Waals surface area contributed by atoms with E-state index in [4.69, 9.17) is 22.3 Å². The van der Waals surface area contributed by atoms with E-state index in [2.05, 4.69) is 10.6 Å². The second kappa shape index (κ2) is 22.1. The number of Topliss-reactive ketones (excluding diaryl/α,β-unsaturated/α-hetero) is 1. The molecular weight excluding hydrogens is 740 g/mol. The quantitative estimate of drug-likeness (QED) is 0.0693. The molecule has 312 valence electrons. The van der Waals surface area contributed by atoms with Gasteiger partial charge in [0.1, 0.15) is 30.1 Å². The summed E-state index contributed by atoms with van der Waals surface area (Å²) < 4.78 is 31.2. The average Bonchev–Trinajstić information content (AvgIpc) is 3.56. The number of hydrogen-bond donors (Lipinski definition) is 7. The maximum Gasteiger partial charge on any atom is 0.320 e. The SMILES string of the molecule is CC(C)(C)[C@H](c1cc(-c2cc(F)ccc2F)cn1Cc1ccccc1)N(CC[C@H](N)C(=O)NCCNC(=O)CCCC(=O)C(N)CCC[C@H](N)C(=O)O)C(=O)CO. The van der Waals surface area contributed by atoms with Gasteiger partial charge in [-0.3, -0.25) is 24.0 Å². The summed E-state index contributed by atoms with van der Waals surface area (Å²) in [5, 5.41) is 24.3. The second-order valence-corrected chi connectivity index (χ2v) is 15.2. The molecule has 14 nitrogen and oxygen atoms in total. The number of nitrogens with one attached hydrogen (secondary N) is 2. The van der Waals surface area contributed by atoms with Crippen LogP contribution in [0.1, 0.15) is 83.0 Å². The standard InChI is InChI=1S/C41H57F2N7O7/c1-41(2,3)38(34-21-27(29-22-28(42)15-16-30(29)43)24-49(34)23-26-9-5-4-6-10-26)50(37(54)25-51)20-17-32(45)39(55)48-19-18-47-36(53)14-8-13-35(52)31(44)11-7-12-33(46)40(56)57/h4-6,9-10,15-16,21-22,24,31-33,38,51H,7-8,11-14,17-20,23,25,44-46H2,1-3H3,(H,47,53)(H,48,55)(H,56,57)/t31?,32-,33-,38-/m0/s1. The van der Waals surface area contributed by atoms with Crippen LogP contribution in [0, 0.1) is 17.0 Å². The van der Waals surface area contributed by atoms with Crippen molar-refractivity contribution in [2.24, 2.45) is 22.6 Å². The third-order valence-corrected chi connectivity index (χ3v) is 9.59. The Hall–Kier alpha value is -5.03. The van der Waals surface area contributed by atoms with E-state index in [0.29, 0.717) is 30.6 Å². The van der Waals surface area contributed by atoms with Gasteiger partial charge in [-0.1, -0.05) is 51.1 Å². The summed E-state index contributed by atoms with van der Waals surface area (Å²) in [6.07, 6.45) is 3.03. The van der Waals surface area contributed by atoms with E-state index >= 15 is 4.39 Å². The lowest BCUT2D eigenvalue weighted by Gasteiger charge is -2.41. The molecule has 1 heterocycles. The minimum atomic E-state index is -1.12. The van der Waals surface area contributed by atoms with Gasteiger partial charge in [-0.25, -0.2) is 8.78 Å². The van der Waals surface area contributed by atoms with Gasteiger partial charge >= 0.3 is 5.97 Å². The molecule has 0 aliphatic heterocycles. The Labute approximate surface area is 332 Å². The van der Waals surface area contributed by atoms with E-state index in [9.17, 15) is 33.5 Å². The number of carbonyl (C=O) groups is 5. The van der Waals surface area contributed by atoms with Crippen LogP contribution >= 0.6 is 0 Å². The van der Waals surface area contributed by atoms with E-state index in [-0.39, 0.29) is 69.0 Å². The molecule has 0 radical (unpaired) electrons. The second-order valence-electron chi connectivity index (χ2n) is 15.2. The number of carboxylic acid groups (broad SMARTS) is 1. The molecule has 1 unspecified atom stereocenters. The maximum absolute atomic E-state index is 15.0. The van der Waals surface area contributed by atoms with Gasteiger partial charge in [0.05, 0.1) is 18.1 Å². The first kappa shape index (κ1) is 46.4. The molecule has 0 bridgehead atoms. The van der Waals surface area contributed by atoms with Crippen LogP contribution in [0.4, 0.5) is 8.78 Å². The Morgan fingerprint density at radius 3 is 2.16 bits per heavy atom. The number of benzene rings is 2. The van der Waals surface area contributed by atoms with Crippen LogP contribution in [0.5, 0.6) is 0 Å². The van der Waals surface area contributed by atoms with Crippen molar-refractivity contribution >= 4 is 29.5 Å². The number of carbonyl (C=O) groups excluding carboxylic acids is 4. The molecule has 2 aromatic carbocycles. The molecule has 3 rings (SSSR count). The topological polar surface area (TPSA) is 236 Å². The minimum absolute atomic E-state index is 0.0177. The highest BCUT2D eigenvalue weighted by Gasteiger charge is 2.37. The van der Waals surface area contributed by atoms with Gasteiger partial charge in [0.15, 0.2) is 0 Å². The molecule has 0 spiro atoms. The monoisotopic (exact) mass is 797 g/mol. The van der Waals surface area contributed by atoms with E-state index in [0.717, 1.165) is 23.8 Å². The third-order valence-electron chi connectivity index (χ3n) is 9.59. The summed E-state index contributed by atoms with van der Waals surface area (Å²) in [5.41, 5.74) is 18.9. The summed E-state index contributed by atoms with van der Waals surface area (Å²) in [7, 11) is 0. The predicted octanol–water partition coefficient (Wildman–Crippen LogP) is 2.99. The van der Waals surface area contributed by atoms with Gasteiger partial charge in [0.2, 0.25) is 17.7 Å². The van der Waals surface area contributed by atoms with Crippen molar-refractivity contribution in [1.29, 1.82) is 0 Å². The summed E-state index contributed by atoms with van der Waals surface area (Å²) in [4.78, 5) is 63.2. The van der Waals surface area contributed by atoms with E-state index in [1.165, 1.54) is 4.90 Å². The number of nitrogens with two attached hydrogens (primary N) is 3. The molecule has 10 N–H and O–H groups in total. The number of carboxylic acids is 1. The smallest absolute Gasteiger partial charge is 0.320 e. The highest BCUT2D eigenvalue weighted by atomic mass is 19.1. The summed E-state index contributed by atoms with van der Waals surface area (Å²) in [5.74, 6) is -4.03. The number of aliphatic carboxylic acids is 1. The highest BCUT2D eigenvalue weighted by molar-refractivity contribution is 5.84. The molecule has 16 heteroatoms. The molecule has 3 amide bonds. The molecule has 0 saturated carbocycles. The Kier molecular flexibility index (Phi) is 17.9. The van der Waals surface area contributed by atoms with Crippen molar-refractivity contribution in [3.8, 4) is 11.1 Å². The summed E-state index contributed by atoms with van der Waals surface area (Å²) in [6, 6.07) is 10.9. The maximum atomic E-state index is 15.0. The number of amides is 3. The Balaban J connectivity index is 1.61. The number of rotatable bonds is 23. The lowest BCUT2D eigenvalue weighted by molar-refractivity contribution is -0.140. The molecule has 0 aliphatic rings. The zero-order valence-corrected chi connectivity index (χ0v) is 32.9. The largest absolute Gasteiger partial charge is 0.480 e. The van der Waals surface area contributed by atoms with Crippen LogP contribution in [0.25, 0.3) is 11.1 Å². The molecular formula is C41H57F2N7O7. The number of hydrogen-bond acceptors (Lipinski definition) is 9. The minimum Gasteiger partial charge on any atom is -0.480 e. The van der Waals surface area contributed by atoms with Gasteiger partial charge in [-0.15, -0.1) is 0 Å². The highest BCUT2D eigenvalue weighted by Crippen LogP contribution is 2.41. The van der Waals surface area contributed by atoms with Crippen molar-refractivity contribution in [3.05, 3.63) is 83.7 Å². The van der Waals surface area contributed by atoms with Crippen molar-refractivity contribution in [1.82, 2.24) is 20.1 Å². The fourth-order valence-electron chi connectivity index (χ4n) is 6.57. The van der Waals surface area contributed by atoms with Crippen LogP contribution in [-0.4, -0.2) is 93.5 Å². The zero-order chi connectivity index (χ0) is 42.3. The Morgan fingerprint density at radius 2 is 1.51 bits per heavy atom. The lowest BCUT2D eigenvalue weighted by atomic mass is 9.82. The predicted molar refractivity (Wildman–Crippen MR) is 211 cm³/mol. The fourth-order valence-corrected chi connectivity index (χ4v) is 6.57. The number of halogens is 2. The van der Waals surface area contributed by atoms with E-state index in [1.54, 1.807) is 12.3 Å². The van der Waals surface area contributed by atoms with Gasteiger partial charge < -0.3 is 47.5 Å². The molecule has 3 aromatic rings. The molecule has 4 atom stereocenters. The van der Waals surface area contributed by atoms with Gasteiger partial charge in [-0.2, -0.15) is 0 Å². The molecule has 57 heavy (non-hydrogen) atoms. The fraction of sp³-hybridized carbons (Fsp3) is 0.488. The average molecular weight is 798 g/mol. The first-order valence-corrected chi connectivity index (χ1v) is 19.1. The van der Waals surface area contributed by atoms with Crippen molar-refractivity contribution in [2.75, 3.05) is 26.2 Å². The normalized spacial score (nSPS) is 13.6. The number of aliphatic hydroxyl groups is 1. The molecule has 0 fully saturated rings. The van der Waals surface area contributed by atoms with Gasteiger partial charge in [-0.05, 0) is 67.3 Å². The van der Waals surface area contributed by atoms with Crippen LogP contribution in [-0.2, 0) is 30.5 Å². The number of ketones is 1. The molecule has 0 aliphatic carbocycles. The van der Waals surface area contributed by atoms with Crippen molar-refractivity contribution in [2.45, 2.75) is 96.4 Å². The van der Waals surface area contributed by atoms with E-state index < -0.39 is 65.6 Å². The van der Waals surface area contributed by atoms with Crippen LogP contribution in [0.15, 0.2) is 60.8 Å². The zero-order valence-electron chi connectivity index (χ0n) is 32.9. The number of aromatic nitrogens is 1.